The van der Waals surface area contributed by atoms with Crippen molar-refractivity contribution in [3.8, 4) is 5.75 Å². The van der Waals surface area contributed by atoms with Crippen LogP contribution in [-0.2, 0) is 6.61 Å². The summed E-state index contributed by atoms with van der Waals surface area (Å²) in [5, 5.41) is 12.5. The van der Waals surface area contributed by atoms with Gasteiger partial charge in [0.1, 0.15) is 18.2 Å². The maximum Gasteiger partial charge on any atom is 0.263 e. The molecule has 1 aromatic heterocycles. The molecule has 0 saturated carbocycles. The predicted octanol–water partition coefficient (Wildman–Crippen LogP) is 3.77. The van der Waals surface area contributed by atoms with Crippen LogP contribution in [0.25, 0.3) is 0 Å². The van der Waals surface area contributed by atoms with Crippen LogP contribution in [-0.4, -0.2) is 21.1 Å². The molecule has 0 amide bonds. The lowest BCUT2D eigenvalue weighted by Gasteiger charge is -2.11. The third kappa shape index (κ3) is 4.47. The lowest BCUT2D eigenvalue weighted by atomic mass is 10.2. The van der Waals surface area contributed by atoms with Gasteiger partial charge in [-0.1, -0.05) is 29.3 Å². The van der Waals surface area contributed by atoms with Gasteiger partial charge in [-0.25, -0.2) is 14.5 Å². The van der Waals surface area contributed by atoms with Gasteiger partial charge >= 0.3 is 0 Å². The number of ether oxygens (including phenoxy) is 1. The van der Waals surface area contributed by atoms with E-state index in [0.29, 0.717) is 27.2 Å². The van der Waals surface area contributed by atoms with Crippen molar-refractivity contribution in [3.05, 3.63) is 69.2 Å². The van der Waals surface area contributed by atoms with Crippen molar-refractivity contribution in [2.24, 2.45) is 5.10 Å². The van der Waals surface area contributed by atoms with Gasteiger partial charge < -0.3 is 10.6 Å². The number of aromatic nitrogens is 3. The summed E-state index contributed by atoms with van der Waals surface area (Å²) >= 11 is 12.1. The van der Waals surface area contributed by atoms with E-state index in [1.165, 1.54) is 23.0 Å². The second-order valence-electron chi connectivity index (χ2n) is 5.48. The first-order valence-electron chi connectivity index (χ1n) is 7.77. The summed E-state index contributed by atoms with van der Waals surface area (Å²) in [5.41, 5.74) is 3.51. The van der Waals surface area contributed by atoms with Crippen LogP contribution in [0.4, 0.5) is 10.3 Å². The summed E-state index contributed by atoms with van der Waals surface area (Å²) < 4.78 is 20.9. The van der Waals surface area contributed by atoms with Gasteiger partial charge in [0.2, 0.25) is 0 Å². The largest absolute Gasteiger partial charge is 0.488 e. The number of aryl methyl sites for hydroxylation is 1. The molecule has 3 aromatic rings. The highest BCUT2D eigenvalue weighted by molar-refractivity contribution is 6.31. The Kier molecular flexibility index (Phi) is 5.78. The van der Waals surface area contributed by atoms with E-state index < -0.39 is 5.82 Å². The minimum Gasteiger partial charge on any atom is -0.488 e. The van der Waals surface area contributed by atoms with Gasteiger partial charge in [0.15, 0.2) is 5.82 Å². The molecule has 0 fully saturated rings. The molecule has 0 radical (unpaired) electrons. The summed E-state index contributed by atoms with van der Waals surface area (Å²) in [6.45, 7) is 1.66. The maximum atomic E-state index is 13.9. The van der Waals surface area contributed by atoms with Gasteiger partial charge in [-0.05, 0) is 37.3 Å². The molecule has 2 aromatic carbocycles. The number of nitrogens with two attached hydrogens (primary N) is 1. The Hall–Kier alpha value is -2.84. The molecule has 0 bridgehead atoms. The SMILES string of the molecule is Cc1nnc(N/N=C/c2cc(Cl)ccc2OCc2c(F)cccc2Cl)n1N. The quantitative estimate of drug-likeness (QED) is 0.368. The van der Waals surface area contributed by atoms with Crippen LogP contribution < -0.4 is 16.0 Å². The highest BCUT2D eigenvalue weighted by Crippen LogP contribution is 2.25. The molecule has 0 unspecified atom stereocenters. The van der Waals surface area contributed by atoms with Crippen LogP contribution in [0.5, 0.6) is 5.75 Å². The zero-order valence-electron chi connectivity index (χ0n) is 14.2. The molecule has 0 atom stereocenters. The van der Waals surface area contributed by atoms with Crippen LogP contribution in [0.2, 0.25) is 10.0 Å². The normalized spacial score (nSPS) is 11.1. The number of nitrogens with zero attached hydrogens (tertiary/aromatic N) is 4. The fourth-order valence-corrected chi connectivity index (χ4v) is 2.58. The van der Waals surface area contributed by atoms with Crippen molar-refractivity contribution < 1.29 is 9.13 Å². The van der Waals surface area contributed by atoms with Gasteiger partial charge in [0.05, 0.1) is 11.2 Å². The minimum atomic E-state index is -0.439. The van der Waals surface area contributed by atoms with Crippen molar-refractivity contribution in [2.45, 2.75) is 13.5 Å². The number of hydrazone groups is 1. The molecule has 3 N–H and O–H groups in total. The Bertz CT molecular complexity index is 971. The average molecular weight is 409 g/mol. The van der Waals surface area contributed by atoms with E-state index in [-0.39, 0.29) is 18.1 Å². The second kappa shape index (κ2) is 8.24. The molecule has 3 rings (SSSR count). The van der Waals surface area contributed by atoms with Crippen LogP contribution in [0, 0.1) is 12.7 Å². The monoisotopic (exact) mass is 408 g/mol. The number of benzene rings is 2. The Labute approximate surface area is 164 Å². The van der Waals surface area contributed by atoms with Crippen LogP contribution in [0.1, 0.15) is 17.0 Å². The lowest BCUT2D eigenvalue weighted by molar-refractivity contribution is 0.299. The molecule has 1 heterocycles. The lowest BCUT2D eigenvalue weighted by Crippen LogP contribution is -2.13. The first-order chi connectivity index (χ1) is 13.0. The Morgan fingerprint density at radius 1 is 1.30 bits per heavy atom. The van der Waals surface area contributed by atoms with E-state index in [2.05, 4.69) is 20.7 Å². The molecule has 0 aliphatic carbocycles. The molecule has 10 heteroatoms. The molecule has 0 aliphatic rings. The first-order valence-corrected chi connectivity index (χ1v) is 8.52. The Morgan fingerprint density at radius 3 is 2.81 bits per heavy atom. The summed E-state index contributed by atoms with van der Waals surface area (Å²) in [4.78, 5) is 0. The van der Waals surface area contributed by atoms with Gasteiger partial charge in [-0.2, -0.15) is 5.10 Å². The Morgan fingerprint density at radius 2 is 2.11 bits per heavy atom. The average Bonchev–Trinajstić information content (AvgIpc) is 2.95. The molecular weight excluding hydrogens is 394 g/mol. The highest BCUT2D eigenvalue weighted by atomic mass is 35.5. The topological polar surface area (TPSA) is 90.4 Å². The number of hydrogen-bond acceptors (Lipinski definition) is 6. The number of rotatable bonds is 6. The molecule has 27 heavy (non-hydrogen) atoms. The van der Waals surface area contributed by atoms with Gasteiger partial charge in [-0.15, -0.1) is 10.2 Å². The van der Waals surface area contributed by atoms with Crippen molar-refractivity contribution in [3.63, 3.8) is 0 Å². The zero-order chi connectivity index (χ0) is 19.4. The molecule has 0 saturated heterocycles. The fraction of sp³-hybridized carbons (Fsp3) is 0.118. The van der Waals surface area contributed by atoms with Crippen LogP contribution in [0.15, 0.2) is 41.5 Å². The molecule has 0 spiro atoms. The van der Waals surface area contributed by atoms with Crippen LogP contribution in [0.3, 0.4) is 0 Å². The summed E-state index contributed by atoms with van der Waals surface area (Å²) in [5.74, 6) is 6.55. The minimum absolute atomic E-state index is 0.0439. The summed E-state index contributed by atoms with van der Waals surface area (Å²) in [6.07, 6.45) is 1.48. The molecule has 7 nitrogen and oxygen atoms in total. The van der Waals surface area contributed by atoms with Crippen molar-refractivity contribution >= 4 is 35.4 Å². The zero-order valence-corrected chi connectivity index (χ0v) is 15.7. The van der Waals surface area contributed by atoms with Crippen molar-refractivity contribution in [1.82, 2.24) is 14.9 Å². The molecule has 140 valence electrons. The van der Waals surface area contributed by atoms with Gasteiger partial charge in [-0.3, -0.25) is 0 Å². The molecular formula is C17H15Cl2FN6O. The second-order valence-corrected chi connectivity index (χ2v) is 6.33. The van der Waals surface area contributed by atoms with E-state index in [1.54, 1.807) is 31.2 Å². The van der Waals surface area contributed by atoms with Gasteiger partial charge in [0.25, 0.3) is 5.95 Å². The third-order valence-corrected chi connectivity index (χ3v) is 4.23. The number of nitrogen functional groups attached to an aromatic ring is 1. The number of halogens is 3. The smallest absolute Gasteiger partial charge is 0.263 e. The van der Waals surface area contributed by atoms with Crippen molar-refractivity contribution in [2.75, 3.05) is 11.3 Å². The number of anilines is 1. The summed E-state index contributed by atoms with van der Waals surface area (Å²) in [7, 11) is 0. The van der Waals surface area contributed by atoms with E-state index in [0.717, 1.165) is 0 Å². The number of nitrogens with one attached hydrogen (secondary N) is 1. The fourth-order valence-electron chi connectivity index (χ4n) is 2.18. The van der Waals surface area contributed by atoms with Crippen molar-refractivity contribution in [1.29, 1.82) is 0 Å². The highest BCUT2D eigenvalue weighted by Gasteiger charge is 2.10. The predicted molar refractivity (Wildman–Crippen MR) is 103 cm³/mol. The molecule has 0 aliphatic heterocycles. The first kappa shape index (κ1) is 18.9. The van der Waals surface area contributed by atoms with E-state index in [9.17, 15) is 4.39 Å². The van der Waals surface area contributed by atoms with E-state index >= 15 is 0 Å². The standard InChI is InChI=1S/C17H15Cl2FN6O/c1-10-23-25-17(26(10)21)24-22-8-11-7-12(18)5-6-16(11)27-9-13-14(19)3-2-4-15(13)20/h2-8H,9,21H2,1H3,(H,24,25)/b22-8+. The number of hydrogen-bond donors (Lipinski definition) is 2. The van der Waals surface area contributed by atoms with Crippen LogP contribution >= 0.6 is 23.2 Å². The van der Waals surface area contributed by atoms with Gasteiger partial charge in [0, 0.05) is 16.1 Å². The maximum absolute atomic E-state index is 13.9. The Balaban J connectivity index is 1.77. The van der Waals surface area contributed by atoms with E-state index in [4.69, 9.17) is 33.8 Å². The summed E-state index contributed by atoms with van der Waals surface area (Å²) in [6, 6.07) is 9.43. The van der Waals surface area contributed by atoms with E-state index in [1.807, 2.05) is 0 Å². The third-order valence-electron chi connectivity index (χ3n) is 3.64.